The Labute approximate surface area is 90.2 Å². The summed E-state index contributed by atoms with van der Waals surface area (Å²) in [4.78, 5) is 0. The van der Waals surface area contributed by atoms with Crippen molar-refractivity contribution in [1.82, 2.24) is 0 Å². The summed E-state index contributed by atoms with van der Waals surface area (Å²) in [6, 6.07) is 4.02. The zero-order valence-electron chi connectivity index (χ0n) is 9.46. The van der Waals surface area contributed by atoms with Crippen molar-refractivity contribution in [3.05, 3.63) is 28.8 Å². The molecule has 0 unspecified atom stereocenters. The fourth-order valence-corrected chi connectivity index (χ4v) is 2.11. The molecule has 1 heterocycles. The summed E-state index contributed by atoms with van der Waals surface area (Å²) in [5.41, 5.74) is 9.26. The van der Waals surface area contributed by atoms with Gasteiger partial charge in [-0.25, -0.2) is 0 Å². The molecule has 3 nitrogen and oxygen atoms in total. The molecule has 1 aliphatic rings. The molecule has 0 spiro atoms. The van der Waals surface area contributed by atoms with E-state index >= 15 is 0 Å². The molecule has 0 bridgehead atoms. The molecule has 0 fully saturated rings. The molecule has 15 heavy (non-hydrogen) atoms. The monoisotopic (exact) mass is 207 g/mol. The third kappa shape index (κ3) is 1.73. The van der Waals surface area contributed by atoms with Gasteiger partial charge in [-0.3, -0.25) is 0 Å². The van der Waals surface area contributed by atoms with E-state index in [1.165, 1.54) is 11.1 Å². The average Bonchev–Trinajstić information content (AvgIpc) is 2.61. The van der Waals surface area contributed by atoms with Gasteiger partial charge in [0.05, 0.1) is 20.3 Å². The SMILES string of the molecule is COc1ccc2c(c1C(C)(C)N)COC2. The zero-order valence-corrected chi connectivity index (χ0v) is 9.46. The van der Waals surface area contributed by atoms with Crippen LogP contribution in [0.1, 0.15) is 30.5 Å². The lowest BCUT2D eigenvalue weighted by Gasteiger charge is -2.24. The van der Waals surface area contributed by atoms with Crippen molar-refractivity contribution in [2.24, 2.45) is 5.73 Å². The Kier molecular flexibility index (Phi) is 2.44. The van der Waals surface area contributed by atoms with E-state index in [2.05, 4.69) is 6.07 Å². The van der Waals surface area contributed by atoms with E-state index in [0.717, 1.165) is 11.3 Å². The highest BCUT2D eigenvalue weighted by atomic mass is 16.5. The van der Waals surface area contributed by atoms with Crippen molar-refractivity contribution in [1.29, 1.82) is 0 Å². The minimum atomic E-state index is -0.398. The Bertz CT molecular complexity index is 380. The van der Waals surface area contributed by atoms with Crippen molar-refractivity contribution < 1.29 is 9.47 Å². The second-order valence-electron chi connectivity index (χ2n) is 4.49. The van der Waals surface area contributed by atoms with Gasteiger partial charge in [-0.2, -0.15) is 0 Å². The number of nitrogens with two attached hydrogens (primary N) is 1. The van der Waals surface area contributed by atoms with E-state index in [-0.39, 0.29) is 0 Å². The van der Waals surface area contributed by atoms with Crippen molar-refractivity contribution in [2.75, 3.05) is 7.11 Å². The summed E-state index contributed by atoms with van der Waals surface area (Å²) in [5, 5.41) is 0. The molecular weight excluding hydrogens is 190 g/mol. The molecule has 1 aromatic carbocycles. The highest BCUT2D eigenvalue weighted by Crippen LogP contribution is 2.36. The standard InChI is InChI=1S/C12H17NO2/c1-12(2,13)11-9-7-15-6-8(9)4-5-10(11)14-3/h4-5H,6-7,13H2,1-3H3. The van der Waals surface area contributed by atoms with E-state index in [4.69, 9.17) is 15.2 Å². The molecule has 3 heteroatoms. The Morgan fingerprint density at radius 3 is 2.67 bits per heavy atom. The average molecular weight is 207 g/mol. The van der Waals surface area contributed by atoms with Crippen molar-refractivity contribution in [2.45, 2.75) is 32.6 Å². The van der Waals surface area contributed by atoms with Crippen LogP contribution < -0.4 is 10.5 Å². The van der Waals surface area contributed by atoms with Gasteiger partial charge in [-0.05, 0) is 31.0 Å². The predicted molar refractivity (Wildman–Crippen MR) is 58.7 cm³/mol. The van der Waals surface area contributed by atoms with Crippen LogP contribution in [0.4, 0.5) is 0 Å². The first-order chi connectivity index (χ1) is 7.04. The van der Waals surface area contributed by atoms with Gasteiger partial charge >= 0.3 is 0 Å². The summed E-state index contributed by atoms with van der Waals surface area (Å²) in [7, 11) is 1.67. The van der Waals surface area contributed by atoms with E-state index in [9.17, 15) is 0 Å². The Hall–Kier alpha value is -1.06. The van der Waals surface area contributed by atoms with E-state index in [0.29, 0.717) is 13.2 Å². The minimum absolute atomic E-state index is 0.398. The number of rotatable bonds is 2. The molecule has 0 radical (unpaired) electrons. The van der Waals surface area contributed by atoms with Crippen molar-refractivity contribution >= 4 is 0 Å². The van der Waals surface area contributed by atoms with Gasteiger partial charge in [0, 0.05) is 11.1 Å². The molecule has 0 saturated heterocycles. The van der Waals surface area contributed by atoms with Crippen molar-refractivity contribution in [3.63, 3.8) is 0 Å². The van der Waals surface area contributed by atoms with Gasteiger partial charge in [-0.1, -0.05) is 6.07 Å². The minimum Gasteiger partial charge on any atom is -0.496 e. The number of hydrogen-bond acceptors (Lipinski definition) is 3. The lowest BCUT2D eigenvalue weighted by atomic mass is 9.88. The van der Waals surface area contributed by atoms with Crippen LogP contribution in [0.5, 0.6) is 5.75 Å². The van der Waals surface area contributed by atoms with Gasteiger partial charge in [-0.15, -0.1) is 0 Å². The maximum atomic E-state index is 6.17. The first-order valence-electron chi connectivity index (χ1n) is 5.10. The van der Waals surface area contributed by atoms with Crippen LogP contribution >= 0.6 is 0 Å². The molecule has 2 rings (SSSR count). The molecule has 1 aromatic rings. The Balaban J connectivity index is 2.63. The lowest BCUT2D eigenvalue weighted by Crippen LogP contribution is -2.30. The maximum absolute atomic E-state index is 6.17. The Morgan fingerprint density at radius 1 is 1.33 bits per heavy atom. The summed E-state index contributed by atoms with van der Waals surface area (Å²) < 4.78 is 10.8. The molecule has 0 atom stereocenters. The number of benzene rings is 1. The summed E-state index contributed by atoms with van der Waals surface area (Å²) in [6.07, 6.45) is 0. The smallest absolute Gasteiger partial charge is 0.124 e. The maximum Gasteiger partial charge on any atom is 0.124 e. The van der Waals surface area contributed by atoms with Gasteiger partial charge in [0.1, 0.15) is 5.75 Å². The van der Waals surface area contributed by atoms with Crippen LogP contribution in [0.2, 0.25) is 0 Å². The molecule has 0 aliphatic carbocycles. The fraction of sp³-hybridized carbons (Fsp3) is 0.500. The molecule has 0 saturated carbocycles. The van der Waals surface area contributed by atoms with Crippen LogP contribution in [0.25, 0.3) is 0 Å². The van der Waals surface area contributed by atoms with Gasteiger partial charge in [0.25, 0.3) is 0 Å². The molecular formula is C12H17NO2. The van der Waals surface area contributed by atoms with Crippen LogP contribution in [-0.2, 0) is 23.5 Å². The highest BCUT2D eigenvalue weighted by Gasteiger charge is 2.27. The molecule has 0 aromatic heterocycles. The number of ether oxygens (including phenoxy) is 2. The highest BCUT2D eigenvalue weighted by molar-refractivity contribution is 5.49. The van der Waals surface area contributed by atoms with Crippen molar-refractivity contribution in [3.8, 4) is 5.75 Å². The normalized spacial score (nSPS) is 15.2. The fourth-order valence-electron chi connectivity index (χ4n) is 2.11. The third-order valence-electron chi connectivity index (χ3n) is 2.74. The third-order valence-corrected chi connectivity index (χ3v) is 2.74. The van der Waals surface area contributed by atoms with E-state index in [1.807, 2.05) is 19.9 Å². The van der Waals surface area contributed by atoms with Crippen LogP contribution in [0, 0.1) is 0 Å². The largest absolute Gasteiger partial charge is 0.496 e. The second kappa shape index (κ2) is 3.51. The lowest BCUT2D eigenvalue weighted by molar-refractivity contribution is 0.133. The van der Waals surface area contributed by atoms with Crippen LogP contribution in [0.15, 0.2) is 12.1 Å². The molecule has 82 valence electrons. The summed E-state index contributed by atoms with van der Waals surface area (Å²) in [5.74, 6) is 0.853. The van der Waals surface area contributed by atoms with Gasteiger partial charge < -0.3 is 15.2 Å². The van der Waals surface area contributed by atoms with E-state index in [1.54, 1.807) is 7.11 Å². The van der Waals surface area contributed by atoms with Gasteiger partial charge in [0.15, 0.2) is 0 Å². The van der Waals surface area contributed by atoms with Crippen LogP contribution in [-0.4, -0.2) is 7.11 Å². The first-order valence-corrected chi connectivity index (χ1v) is 5.10. The topological polar surface area (TPSA) is 44.5 Å². The first kappa shape index (κ1) is 10.5. The van der Waals surface area contributed by atoms with E-state index < -0.39 is 5.54 Å². The number of fused-ring (bicyclic) bond motifs is 1. The molecule has 0 amide bonds. The zero-order chi connectivity index (χ0) is 11.1. The predicted octanol–water partition coefficient (Wildman–Crippen LogP) is 1.92. The Morgan fingerprint density at radius 2 is 2.07 bits per heavy atom. The number of hydrogen-bond donors (Lipinski definition) is 1. The van der Waals surface area contributed by atoms with Gasteiger partial charge in [0.2, 0.25) is 0 Å². The second-order valence-corrected chi connectivity index (χ2v) is 4.49. The molecule has 2 N–H and O–H groups in total. The van der Waals surface area contributed by atoms with Crippen LogP contribution in [0.3, 0.4) is 0 Å². The summed E-state index contributed by atoms with van der Waals surface area (Å²) >= 11 is 0. The number of methoxy groups -OCH3 is 1. The quantitative estimate of drug-likeness (QED) is 0.805. The molecule has 1 aliphatic heterocycles. The summed E-state index contributed by atoms with van der Waals surface area (Å²) in [6.45, 7) is 5.30.